The van der Waals surface area contributed by atoms with Crippen LogP contribution in [0.25, 0.3) is 0 Å². The molecule has 2 nitrogen and oxygen atoms in total. The van der Waals surface area contributed by atoms with Crippen molar-refractivity contribution < 1.29 is 5.11 Å². The van der Waals surface area contributed by atoms with E-state index in [0.29, 0.717) is 4.75 Å². The number of aliphatic hydroxyl groups is 1. The Morgan fingerprint density at radius 2 is 2.00 bits per heavy atom. The highest BCUT2D eigenvalue weighted by molar-refractivity contribution is 8.00. The van der Waals surface area contributed by atoms with Crippen molar-refractivity contribution in [3.63, 3.8) is 0 Å². The third-order valence-electron chi connectivity index (χ3n) is 3.57. The van der Waals surface area contributed by atoms with Gasteiger partial charge in [-0.05, 0) is 19.4 Å². The van der Waals surface area contributed by atoms with E-state index in [2.05, 4.69) is 30.9 Å². The topological polar surface area (TPSA) is 23.5 Å². The molecule has 0 spiro atoms. The van der Waals surface area contributed by atoms with Gasteiger partial charge in [0, 0.05) is 34.8 Å². The molecule has 1 aliphatic heterocycles. The number of thioether (sulfide) groups is 1. The van der Waals surface area contributed by atoms with Gasteiger partial charge >= 0.3 is 0 Å². The Balaban J connectivity index is 2.21. The van der Waals surface area contributed by atoms with Gasteiger partial charge in [0.15, 0.2) is 0 Å². The van der Waals surface area contributed by atoms with E-state index in [1.807, 2.05) is 30.8 Å². The largest absolute Gasteiger partial charge is 0.389 e. The number of aliphatic hydroxyl groups excluding tert-OH is 1. The summed E-state index contributed by atoms with van der Waals surface area (Å²) in [5, 5.41) is 9.88. The molecule has 1 saturated heterocycles. The highest BCUT2D eigenvalue weighted by Gasteiger charge is 2.24. The van der Waals surface area contributed by atoms with Crippen LogP contribution < -0.4 is 4.90 Å². The van der Waals surface area contributed by atoms with Crippen LogP contribution in [-0.4, -0.2) is 28.7 Å². The average molecular weight is 265 g/mol. The molecule has 1 aliphatic rings. The van der Waals surface area contributed by atoms with Crippen molar-refractivity contribution in [3.05, 3.63) is 29.8 Å². The Bertz CT molecular complexity index is 403. The summed E-state index contributed by atoms with van der Waals surface area (Å²) in [6, 6.07) is 8.22. The zero-order chi connectivity index (χ0) is 13.2. The van der Waals surface area contributed by atoms with Crippen molar-refractivity contribution in [3.8, 4) is 0 Å². The van der Waals surface area contributed by atoms with E-state index in [9.17, 15) is 5.11 Å². The lowest BCUT2D eigenvalue weighted by Crippen LogP contribution is -2.28. The van der Waals surface area contributed by atoms with Gasteiger partial charge in [-0.2, -0.15) is 11.8 Å². The minimum Gasteiger partial charge on any atom is -0.389 e. The lowest BCUT2D eigenvalue weighted by molar-refractivity contribution is 0.199. The Kier molecular flexibility index (Phi) is 4.23. The first kappa shape index (κ1) is 13.8. The Morgan fingerprint density at radius 3 is 2.72 bits per heavy atom. The van der Waals surface area contributed by atoms with Crippen LogP contribution in [0.15, 0.2) is 24.3 Å². The molecule has 2 rings (SSSR count). The zero-order valence-electron chi connectivity index (χ0n) is 11.5. The first-order valence-electron chi connectivity index (χ1n) is 6.65. The zero-order valence-corrected chi connectivity index (χ0v) is 12.3. The maximum Gasteiger partial charge on any atom is 0.0781 e. The van der Waals surface area contributed by atoms with Crippen LogP contribution in [-0.2, 0) is 0 Å². The van der Waals surface area contributed by atoms with Crippen LogP contribution in [0, 0.1) is 0 Å². The molecule has 1 heterocycles. The molecule has 0 radical (unpaired) electrons. The monoisotopic (exact) mass is 265 g/mol. The number of para-hydroxylation sites is 1. The fourth-order valence-corrected chi connectivity index (χ4v) is 3.49. The minimum atomic E-state index is -0.398. The third-order valence-corrected chi connectivity index (χ3v) is 4.94. The Hall–Kier alpha value is -0.670. The van der Waals surface area contributed by atoms with E-state index in [4.69, 9.17) is 0 Å². The number of nitrogens with zero attached hydrogens (tertiary/aromatic N) is 1. The second-order valence-corrected chi connectivity index (χ2v) is 7.38. The highest BCUT2D eigenvalue weighted by atomic mass is 32.2. The molecule has 1 unspecified atom stereocenters. The number of hydrogen-bond acceptors (Lipinski definition) is 3. The van der Waals surface area contributed by atoms with Crippen molar-refractivity contribution in [2.24, 2.45) is 0 Å². The van der Waals surface area contributed by atoms with E-state index >= 15 is 0 Å². The molecule has 1 atom stereocenters. The van der Waals surface area contributed by atoms with Crippen molar-refractivity contribution in [1.82, 2.24) is 0 Å². The third kappa shape index (κ3) is 3.21. The van der Waals surface area contributed by atoms with Crippen LogP contribution >= 0.6 is 11.8 Å². The van der Waals surface area contributed by atoms with Crippen LogP contribution in [0.2, 0.25) is 0 Å². The summed E-state index contributed by atoms with van der Waals surface area (Å²) >= 11 is 2.05. The molecule has 1 fully saturated rings. The summed E-state index contributed by atoms with van der Waals surface area (Å²) in [4.78, 5) is 2.42. The van der Waals surface area contributed by atoms with E-state index < -0.39 is 6.10 Å². The van der Waals surface area contributed by atoms with Gasteiger partial charge < -0.3 is 10.0 Å². The number of benzene rings is 1. The van der Waals surface area contributed by atoms with Crippen molar-refractivity contribution >= 4 is 17.4 Å². The molecule has 0 aliphatic carbocycles. The highest BCUT2D eigenvalue weighted by Crippen LogP contribution is 2.34. The minimum absolute atomic E-state index is 0.370. The predicted octanol–water partition coefficient (Wildman–Crippen LogP) is 3.46. The Morgan fingerprint density at radius 1 is 1.28 bits per heavy atom. The Labute approximate surface area is 114 Å². The maximum absolute atomic E-state index is 9.88. The van der Waals surface area contributed by atoms with Crippen molar-refractivity contribution in [2.45, 2.75) is 38.0 Å². The van der Waals surface area contributed by atoms with Gasteiger partial charge in [0.25, 0.3) is 0 Å². The van der Waals surface area contributed by atoms with Gasteiger partial charge in [-0.15, -0.1) is 0 Å². The molecule has 3 heteroatoms. The number of anilines is 1. The first-order chi connectivity index (χ1) is 8.49. The molecule has 0 bridgehead atoms. The molecular weight excluding hydrogens is 242 g/mol. The van der Waals surface area contributed by atoms with Gasteiger partial charge in [0.05, 0.1) is 6.10 Å². The molecule has 0 saturated carbocycles. The van der Waals surface area contributed by atoms with E-state index in [0.717, 1.165) is 24.4 Å². The molecule has 1 aromatic carbocycles. The van der Waals surface area contributed by atoms with Crippen molar-refractivity contribution in [2.75, 3.05) is 23.7 Å². The van der Waals surface area contributed by atoms with E-state index in [-0.39, 0.29) is 0 Å². The summed E-state index contributed by atoms with van der Waals surface area (Å²) in [6.45, 7) is 8.63. The van der Waals surface area contributed by atoms with E-state index in [1.54, 1.807) is 0 Å². The normalized spacial score (nSPS) is 21.4. The molecule has 0 amide bonds. The number of hydrogen-bond donors (Lipinski definition) is 1. The molecule has 1 aromatic rings. The quantitative estimate of drug-likeness (QED) is 0.886. The summed E-state index contributed by atoms with van der Waals surface area (Å²) in [7, 11) is 0. The van der Waals surface area contributed by atoms with Gasteiger partial charge in [0.2, 0.25) is 0 Å². The summed E-state index contributed by atoms with van der Waals surface area (Å²) in [5.74, 6) is 1.15. The van der Waals surface area contributed by atoms with Gasteiger partial charge in [-0.25, -0.2) is 0 Å². The van der Waals surface area contributed by atoms with Crippen LogP contribution in [0.4, 0.5) is 5.69 Å². The SMILES string of the molecule is CC(O)c1ccccc1N1CCSC(C)(C)CC1. The fraction of sp³-hybridized carbons (Fsp3) is 0.600. The number of rotatable bonds is 2. The molecular formula is C15H23NOS. The standard InChI is InChI=1S/C15H23NOS/c1-12(17)13-6-4-5-7-14(13)16-9-8-15(2,3)18-11-10-16/h4-7,12,17H,8-11H2,1-3H3. The fourth-order valence-electron chi connectivity index (χ4n) is 2.39. The summed E-state index contributed by atoms with van der Waals surface area (Å²) < 4.78 is 0.370. The summed E-state index contributed by atoms with van der Waals surface area (Å²) in [6.07, 6.45) is 0.788. The predicted molar refractivity (Wildman–Crippen MR) is 80.4 cm³/mol. The first-order valence-corrected chi connectivity index (χ1v) is 7.64. The molecule has 18 heavy (non-hydrogen) atoms. The smallest absolute Gasteiger partial charge is 0.0781 e. The van der Waals surface area contributed by atoms with Crippen LogP contribution in [0.5, 0.6) is 0 Å². The van der Waals surface area contributed by atoms with E-state index in [1.165, 1.54) is 12.1 Å². The van der Waals surface area contributed by atoms with Crippen LogP contribution in [0.3, 0.4) is 0 Å². The maximum atomic E-state index is 9.88. The second-order valence-electron chi connectivity index (χ2n) is 5.58. The lowest BCUT2D eigenvalue weighted by atomic mass is 10.1. The average Bonchev–Trinajstić information content (AvgIpc) is 2.50. The molecule has 0 aromatic heterocycles. The van der Waals surface area contributed by atoms with Crippen molar-refractivity contribution in [1.29, 1.82) is 0 Å². The molecule has 1 N–H and O–H groups in total. The van der Waals surface area contributed by atoms with Gasteiger partial charge in [-0.1, -0.05) is 32.0 Å². The lowest BCUT2D eigenvalue weighted by Gasteiger charge is -2.27. The van der Waals surface area contributed by atoms with Gasteiger partial charge in [0.1, 0.15) is 0 Å². The summed E-state index contributed by atoms with van der Waals surface area (Å²) in [5.41, 5.74) is 2.24. The second kappa shape index (κ2) is 5.54. The molecule has 100 valence electrons. The van der Waals surface area contributed by atoms with Crippen LogP contribution in [0.1, 0.15) is 38.9 Å². The van der Waals surface area contributed by atoms with Gasteiger partial charge in [-0.3, -0.25) is 0 Å².